The number of halogens is 10. The Hall–Kier alpha value is -1.23. The summed E-state index contributed by atoms with van der Waals surface area (Å²) >= 11 is 0. The van der Waals surface area contributed by atoms with Gasteiger partial charge in [-0.2, -0.15) is 43.9 Å². The molecule has 0 amide bonds. The molecule has 0 aromatic heterocycles. The molecular weight excluding hydrogens is 318 g/mol. The predicted molar refractivity (Wildman–Crippen MR) is 40.2 cm³/mol. The Bertz CT molecular complexity index is 399. The van der Waals surface area contributed by atoms with Crippen LogP contribution in [0.1, 0.15) is 0 Å². The van der Waals surface area contributed by atoms with E-state index in [0.717, 1.165) is 0 Å². The normalized spacial score (nSPS) is 29.8. The van der Waals surface area contributed by atoms with Gasteiger partial charge >= 0.3 is 35.6 Å². The number of alkyl halides is 10. The summed E-state index contributed by atoms with van der Waals surface area (Å²) in [5.74, 6) is -41.4. The van der Waals surface area contributed by atoms with Crippen molar-refractivity contribution in [3.63, 3.8) is 0 Å². The zero-order chi connectivity index (χ0) is 16.4. The maximum Gasteiger partial charge on any atom is 0.384 e. The van der Waals surface area contributed by atoms with Gasteiger partial charge in [0.25, 0.3) is 0 Å². The molecule has 0 aromatic rings. The summed E-state index contributed by atoms with van der Waals surface area (Å²) in [5.41, 5.74) is 0. The summed E-state index contributed by atoms with van der Waals surface area (Å²) in [5, 5.41) is 0. The van der Waals surface area contributed by atoms with Crippen LogP contribution < -0.4 is 0 Å². The van der Waals surface area contributed by atoms with Gasteiger partial charge in [0.2, 0.25) is 0 Å². The maximum atomic E-state index is 13.1. The summed E-state index contributed by atoms with van der Waals surface area (Å²) in [7, 11) is 0.164. The fourth-order valence-electron chi connectivity index (χ4n) is 1.62. The number of rotatable bonds is 1. The molecule has 0 unspecified atom stereocenters. The lowest BCUT2D eigenvalue weighted by Crippen LogP contribution is -2.78. The van der Waals surface area contributed by atoms with Gasteiger partial charge in [-0.1, -0.05) is 0 Å². The molecule has 0 radical (unpaired) electrons. The van der Waals surface area contributed by atoms with E-state index in [1.54, 1.807) is 0 Å². The molecule has 1 aliphatic rings. The second-order valence-electron chi connectivity index (χ2n) is 3.93. The van der Waals surface area contributed by atoms with Crippen molar-refractivity contribution in [3.05, 3.63) is 0 Å². The van der Waals surface area contributed by atoms with Gasteiger partial charge in [0.1, 0.15) is 0 Å². The number of carbonyl (C=O) groups excluding carboxylic acids is 1. The molecule has 0 aromatic carbocycles. The second-order valence-corrected chi connectivity index (χ2v) is 3.93. The van der Waals surface area contributed by atoms with Gasteiger partial charge in [-0.3, -0.25) is 4.79 Å². The third-order valence-electron chi connectivity index (χ3n) is 2.79. The largest absolute Gasteiger partial charge is 0.468 e. The minimum atomic E-state index is -7.07. The lowest BCUT2D eigenvalue weighted by Gasteiger charge is -2.48. The van der Waals surface area contributed by atoms with E-state index in [4.69, 9.17) is 0 Å². The number of hydrogen-bond acceptors (Lipinski definition) is 2. The highest BCUT2D eigenvalue weighted by molar-refractivity contribution is 5.76. The fraction of sp³-hybridized carbons (Fsp3) is 0.875. The predicted octanol–water partition coefficient (Wildman–Crippen LogP) is 2.97. The molecule has 0 N–H and O–H groups in total. The van der Waals surface area contributed by atoms with Gasteiger partial charge in [-0.25, -0.2) is 0 Å². The minimum absolute atomic E-state index is 0.164. The number of carbonyl (C=O) groups is 1. The SMILES string of the molecule is COC(=O)C1C(F)(F)C(F)(F)C(F)(F)C(F)(F)C1(F)F. The number of esters is 1. The van der Waals surface area contributed by atoms with E-state index >= 15 is 0 Å². The van der Waals surface area contributed by atoms with Crippen molar-refractivity contribution in [2.45, 2.75) is 29.6 Å². The highest BCUT2D eigenvalue weighted by Gasteiger charge is 2.96. The lowest BCUT2D eigenvalue weighted by molar-refractivity contribution is -0.458. The van der Waals surface area contributed by atoms with Crippen molar-refractivity contribution in [1.82, 2.24) is 0 Å². The summed E-state index contributed by atoms with van der Waals surface area (Å²) in [6, 6.07) is 0. The first-order valence-corrected chi connectivity index (χ1v) is 4.57. The van der Waals surface area contributed by atoms with Gasteiger partial charge < -0.3 is 4.74 Å². The average molecular weight is 322 g/mol. The Morgan fingerprint density at radius 3 is 1.30 bits per heavy atom. The zero-order valence-electron chi connectivity index (χ0n) is 9.17. The van der Waals surface area contributed by atoms with E-state index in [1.807, 2.05) is 0 Å². The molecule has 1 fully saturated rings. The van der Waals surface area contributed by atoms with Crippen LogP contribution in [0.15, 0.2) is 0 Å². The van der Waals surface area contributed by atoms with Crippen LogP contribution in [0.25, 0.3) is 0 Å². The second kappa shape index (κ2) is 3.91. The summed E-state index contributed by atoms with van der Waals surface area (Å²) in [4.78, 5) is 10.7. The van der Waals surface area contributed by atoms with Crippen molar-refractivity contribution in [2.75, 3.05) is 7.11 Å². The van der Waals surface area contributed by atoms with E-state index in [-0.39, 0.29) is 7.11 Å². The molecule has 12 heteroatoms. The van der Waals surface area contributed by atoms with Gasteiger partial charge in [0.15, 0.2) is 5.92 Å². The number of hydrogen-bond donors (Lipinski definition) is 0. The summed E-state index contributed by atoms with van der Waals surface area (Å²) in [6.45, 7) is 0. The minimum Gasteiger partial charge on any atom is -0.468 e. The molecule has 0 bridgehead atoms. The van der Waals surface area contributed by atoms with Crippen molar-refractivity contribution in [1.29, 1.82) is 0 Å². The van der Waals surface area contributed by atoms with E-state index in [9.17, 15) is 48.7 Å². The molecule has 0 aliphatic heterocycles. The summed E-state index contributed by atoms with van der Waals surface area (Å²) < 4.78 is 132. The zero-order valence-corrected chi connectivity index (χ0v) is 9.17. The Balaban J connectivity index is 3.68. The molecule has 20 heavy (non-hydrogen) atoms. The van der Waals surface area contributed by atoms with Crippen LogP contribution in [-0.2, 0) is 9.53 Å². The molecule has 0 spiro atoms. The van der Waals surface area contributed by atoms with Gasteiger partial charge in [-0.05, 0) is 0 Å². The third kappa shape index (κ3) is 1.50. The van der Waals surface area contributed by atoms with Crippen LogP contribution in [0, 0.1) is 5.92 Å². The molecule has 1 rings (SSSR count). The quantitative estimate of drug-likeness (QED) is 0.548. The third-order valence-corrected chi connectivity index (χ3v) is 2.79. The Labute approximate surface area is 103 Å². The van der Waals surface area contributed by atoms with Crippen molar-refractivity contribution < 1.29 is 53.4 Å². The molecule has 0 saturated heterocycles. The topological polar surface area (TPSA) is 26.3 Å². The first-order chi connectivity index (χ1) is 8.60. The van der Waals surface area contributed by atoms with Crippen LogP contribution in [0.3, 0.4) is 0 Å². The van der Waals surface area contributed by atoms with E-state index < -0.39 is 41.5 Å². The molecule has 1 saturated carbocycles. The smallest absolute Gasteiger partial charge is 0.384 e. The summed E-state index contributed by atoms with van der Waals surface area (Å²) in [6.07, 6.45) is 0. The maximum absolute atomic E-state index is 13.1. The van der Waals surface area contributed by atoms with Gasteiger partial charge in [0.05, 0.1) is 7.11 Å². The van der Waals surface area contributed by atoms with Crippen LogP contribution >= 0.6 is 0 Å². The average Bonchev–Trinajstić information content (AvgIpc) is 2.25. The van der Waals surface area contributed by atoms with Gasteiger partial charge in [-0.15, -0.1) is 0 Å². The van der Waals surface area contributed by atoms with Crippen molar-refractivity contribution >= 4 is 5.97 Å². The van der Waals surface area contributed by atoms with Crippen LogP contribution in [0.5, 0.6) is 0 Å². The van der Waals surface area contributed by atoms with Crippen molar-refractivity contribution in [3.8, 4) is 0 Å². The van der Waals surface area contributed by atoms with Crippen LogP contribution in [0.4, 0.5) is 43.9 Å². The highest BCUT2D eigenvalue weighted by atomic mass is 19.4. The first-order valence-electron chi connectivity index (χ1n) is 4.57. The van der Waals surface area contributed by atoms with Crippen LogP contribution in [0.2, 0.25) is 0 Å². The van der Waals surface area contributed by atoms with Crippen LogP contribution in [-0.4, -0.2) is 42.7 Å². The molecule has 118 valence electrons. The first kappa shape index (κ1) is 16.8. The molecule has 2 nitrogen and oxygen atoms in total. The lowest BCUT2D eigenvalue weighted by atomic mass is 9.74. The molecule has 0 heterocycles. The number of ether oxygens (including phenoxy) is 1. The van der Waals surface area contributed by atoms with E-state index in [0.29, 0.717) is 0 Å². The molecule has 0 atom stereocenters. The van der Waals surface area contributed by atoms with Gasteiger partial charge in [0, 0.05) is 0 Å². The Morgan fingerprint density at radius 2 is 1.05 bits per heavy atom. The molecule has 1 aliphatic carbocycles. The van der Waals surface area contributed by atoms with E-state index in [2.05, 4.69) is 4.74 Å². The Morgan fingerprint density at radius 1 is 0.750 bits per heavy atom. The van der Waals surface area contributed by atoms with E-state index in [1.165, 1.54) is 0 Å². The van der Waals surface area contributed by atoms with Crippen molar-refractivity contribution in [2.24, 2.45) is 5.92 Å². The number of methoxy groups -OCH3 is 1. The molecular formula is C8H4F10O2. The standard InChI is InChI=1S/C8H4F10O2/c1-20-3(19)2-4(9,10)6(13,14)8(17,18)7(15,16)5(2,11)12/h2H,1H3. The highest BCUT2D eigenvalue weighted by Crippen LogP contribution is 2.66. The fourth-order valence-corrected chi connectivity index (χ4v) is 1.62. The Kier molecular flexibility index (Phi) is 3.29. The monoisotopic (exact) mass is 322 g/mol.